The third-order valence-electron chi connectivity index (χ3n) is 3.76. The lowest BCUT2D eigenvalue weighted by molar-refractivity contribution is 0.626. The Kier molecular flexibility index (Phi) is 4.70. The van der Waals surface area contributed by atoms with Gasteiger partial charge in [-0.25, -0.2) is 14.4 Å². The van der Waals surface area contributed by atoms with Gasteiger partial charge >= 0.3 is 0 Å². The van der Waals surface area contributed by atoms with Crippen molar-refractivity contribution >= 4 is 44.9 Å². The van der Waals surface area contributed by atoms with Gasteiger partial charge in [0.1, 0.15) is 22.0 Å². The van der Waals surface area contributed by atoms with Crippen LogP contribution in [0.2, 0.25) is 5.02 Å². The van der Waals surface area contributed by atoms with Gasteiger partial charge in [-0.05, 0) is 35.4 Å². The molecule has 0 N–H and O–H groups in total. The van der Waals surface area contributed by atoms with Gasteiger partial charge in [0.15, 0.2) is 0 Å². The molecule has 2 heterocycles. The minimum atomic E-state index is -0.219. The van der Waals surface area contributed by atoms with Crippen LogP contribution in [0.1, 0.15) is 5.56 Å². The highest BCUT2D eigenvalue weighted by Crippen LogP contribution is 2.38. The number of aromatic nitrogens is 2. The predicted octanol–water partition coefficient (Wildman–Crippen LogP) is 6.44. The van der Waals surface area contributed by atoms with Crippen LogP contribution in [0.3, 0.4) is 0 Å². The average Bonchev–Trinajstić information content (AvgIpc) is 3.05. The lowest BCUT2D eigenvalue weighted by Gasteiger charge is -2.06. The molecule has 0 aliphatic rings. The summed E-state index contributed by atoms with van der Waals surface area (Å²) in [6, 6.07) is 14.4. The fourth-order valence-electron chi connectivity index (χ4n) is 2.58. The van der Waals surface area contributed by atoms with E-state index in [9.17, 15) is 4.39 Å². The molecule has 0 amide bonds. The highest BCUT2D eigenvalue weighted by Gasteiger charge is 2.13. The Morgan fingerprint density at radius 1 is 1.08 bits per heavy atom. The second kappa shape index (κ2) is 7.12. The number of thioether (sulfide) groups is 1. The number of hydrogen-bond acceptors (Lipinski definition) is 4. The van der Waals surface area contributed by atoms with E-state index < -0.39 is 0 Å². The predicted molar refractivity (Wildman–Crippen MR) is 104 cm³/mol. The molecule has 0 aliphatic heterocycles. The first-order valence-electron chi connectivity index (χ1n) is 7.56. The van der Waals surface area contributed by atoms with Gasteiger partial charge in [0, 0.05) is 21.7 Å². The van der Waals surface area contributed by atoms with Crippen molar-refractivity contribution in [1.29, 1.82) is 0 Å². The number of hydrogen-bond donors (Lipinski definition) is 0. The van der Waals surface area contributed by atoms with Gasteiger partial charge in [-0.15, -0.1) is 23.1 Å². The Hall–Kier alpha value is -1.95. The molecule has 25 heavy (non-hydrogen) atoms. The van der Waals surface area contributed by atoms with Crippen molar-refractivity contribution in [2.45, 2.75) is 10.8 Å². The summed E-state index contributed by atoms with van der Waals surface area (Å²) in [6.45, 7) is 0. The third kappa shape index (κ3) is 3.54. The van der Waals surface area contributed by atoms with Gasteiger partial charge in [-0.1, -0.05) is 35.9 Å². The second-order valence-corrected chi connectivity index (χ2v) is 7.69. The first-order valence-corrected chi connectivity index (χ1v) is 9.80. The van der Waals surface area contributed by atoms with Crippen LogP contribution < -0.4 is 0 Å². The van der Waals surface area contributed by atoms with E-state index in [1.807, 2.05) is 30.3 Å². The molecular weight excluding hydrogens is 375 g/mol. The van der Waals surface area contributed by atoms with Crippen LogP contribution in [0.5, 0.6) is 0 Å². The maximum atomic E-state index is 13.4. The zero-order valence-electron chi connectivity index (χ0n) is 12.9. The summed E-state index contributed by atoms with van der Waals surface area (Å²) in [6.07, 6.45) is 1.58. The lowest BCUT2D eigenvalue weighted by atomic mass is 10.1. The Bertz CT molecular complexity index is 1030. The van der Waals surface area contributed by atoms with Crippen molar-refractivity contribution in [3.8, 4) is 11.1 Å². The molecule has 4 rings (SSSR count). The van der Waals surface area contributed by atoms with E-state index in [-0.39, 0.29) is 5.82 Å². The summed E-state index contributed by atoms with van der Waals surface area (Å²) in [4.78, 5) is 9.79. The van der Waals surface area contributed by atoms with Crippen LogP contribution in [0.15, 0.2) is 65.3 Å². The zero-order valence-corrected chi connectivity index (χ0v) is 15.3. The minimum Gasteiger partial charge on any atom is -0.229 e. The minimum absolute atomic E-state index is 0.219. The molecule has 0 fully saturated rings. The molecule has 2 nitrogen and oxygen atoms in total. The highest BCUT2D eigenvalue weighted by molar-refractivity contribution is 7.98. The summed E-state index contributed by atoms with van der Waals surface area (Å²) < 4.78 is 13.4. The van der Waals surface area contributed by atoms with Crippen LogP contribution in [0.25, 0.3) is 21.3 Å². The molecule has 0 saturated carbocycles. The number of rotatable bonds is 4. The Labute approximate surface area is 157 Å². The van der Waals surface area contributed by atoms with E-state index in [1.54, 1.807) is 41.6 Å². The van der Waals surface area contributed by atoms with Crippen LogP contribution >= 0.6 is 34.7 Å². The third-order valence-corrected chi connectivity index (χ3v) is 5.95. The molecule has 4 aromatic rings. The average molecular weight is 387 g/mol. The Balaban J connectivity index is 1.71. The molecule has 6 heteroatoms. The van der Waals surface area contributed by atoms with Crippen molar-refractivity contribution in [3.63, 3.8) is 0 Å². The van der Waals surface area contributed by atoms with Gasteiger partial charge in [0.05, 0.1) is 5.39 Å². The molecule has 2 aromatic heterocycles. The van der Waals surface area contributed by atoms with Gasteiger partial charge in [-0.2, -0.15) is 0 Å². The fraction of sp³-hybridized carbons (Fsp3) is 0.0526. The quantitative estimate of drug-likeness (QED) is 0.298. The Morgan fingerprint density at radius 2 is 1.92 bits per heavy atom. The van der Waals surface area contributed by atoms with Crippen LogP contribution in [0, 0.1) is 5.82 Å². The Morgan fingerprint density at radius 3 is 2.72 bits per heavy atom. The topological polar surface area (TPSA) is 25.8 Å². The van der Waals surface area contributed by atoms with Crippen molar-refractivity contribution < 1.29 is 4.39 Å². The molecule has 2 aromatic carbocycles. The maximum absolute atomic E-state index is 13.4. The van der Waals surface area contributed by atoms with Crippen LogP contribution in [-0.2, 0) is 5.75 Å². The summed E-state index contributed by atoms with van der Waals surface area (Å²) in [5.41, 5.74) is 3.11. The number of benzene rings is 2. The summed E-state index contributed by atoms with van der Waals surface area (Å²) in [5.74, 6) is 0.433. The molecular formula is C19H12ClFN2S2. The molecule has 124 valence electrons. The summed E-state index contributed by atoms with van der Waals surface area (Å²) in [5, 5.41) is 4.74. The second-order valence-electron chi connectivity index (χ2n) is 5.43. The number of fused-ring (bicyclic) bond motifs is 1. The van der Waals surface area contributed by atoms with Crippen LogP contribution in [-0.4, -0.2) is 9.97 Å². The monoisotopic (exact) mass is 386 g/mol. The smallest absolute Gasteiger partial charge is 0.128 e. The molecule has 0 spiro atoms. The van der Waals surface area contributed by atoms with E-state index in [4.69, 9.17) is 11.6 Å². The maximum Gasteiger partial charge on any atom is 0.128 e. The van der Waals surface area contributed by atoms with E-state index >= 15 is 0 Å². The standard InChI is InChI=1S/C19H12ClFN2S2/c20-14-6-4-13(5-7-14)16-10-25-19-17(16)18(22-11-23-19)24-9-12-2-1-3-15(21)8-12/h1-8,10-11H,9H2. The molecule has 0 saturated heterocycles. The van der Waals surface area contributed by atoms with E-state index in [0.29, 0.717) is 10.8 Å². The van der Waals surface area contributed by atoms with Gasteiger partial charge in [0.25, 0.3) is 0 Å². The first-order chi connectivity index (χ1) is 12.2. The molecule has 0 unspecified atom stereocenters. The summed E-state index contributed by atoms with van der Waals surface area (Å²) >= 11 is 9.18. The van der Waals surface area contributed by atoms with Crippen molar-refractivity contribution in [3.05, 3.63) is 76.6 Å². The van der Waals surface area contributed by atoms with Crippen molar-refractivity contribution in [2.24, 2.45) is 0 Å². The normalized spacial score (nSPS) is 11.1. The molecule has 0 bridgehead atoms. The zero-order chi connectivity index (χ0) is 17.2. The fourth-order valence-corrected chi connectivity index (χ4v) is 4.64. The molecule has 0 radical (unpaired) electrons. The summed E-state index contributed by atoms with van der Waals surface area (Å²) in [7, 11) is 0. The van der Waals surface area contributed by atoms with Gasteiger partial charge in [0.2, 0.25) is 0 Å². The largest absolute Gasteiger partial charge is 0.229 e. The lowest BCUT2D eigenvalue weighted by Crippen LogP contribution is -1.88. The van der Waals surface area contributed by atoms with Gasteiger partial charge < -0.3 is 0 Å². The van der Waals surface area contributed by atoms with Gasteiger partial charge in [-0.3, -0.25) is 0 Å². The molecule has 0 aliphatic carbocycles. The molecule has 0 atom stereocenters. The SMILES string of the molecule is Fc1cccc(CSc2ncnc3scc(-c4ccc(Cl)cc4)c23)c1. The number of nitrogens with zero attached hydrogens (tertiary/aromatic N) is 2. The number of thiophene rings is 1. The van der Waals surface area contributed by atoms with Crippen molar-refractivity contribution in [1.82, 2.24) is 9.97 Å². The first kappa shape index (κ1) is 16.5. The van der Waals surface area contributed by atoms with E-state index in [0.717, 1.165) is 31.9 Å². The number of halogens is 2. The van der Waals surface area contributed by atoms with E-state index in [1.165, 1.54) is 6.07 Å². The highest BCUT2D eigenvalue weighted by atomic mass is 35.5. The van der Waals surface area contributed by atoms with Crippen LogP contribution in [0.4, 0.5) is 4.39 Å². The van der Waals surface area contributed by atoms with Crippen molar-refractivity contribution in [2.75, 3.05) is 0 Å². The van der Waals surface area contributed by atoms with E-state index in [2.05, 4.69) is 15.3 Å².